The Balaban J connectivity index is 2.10. The SMILES string of the molecule is Cc1ccc(C(=O)NCc2ccccc2Br)c(=O)[nH]1. The van der Waals surface area contributed by atoms with Gasteiger partial charge in [0.25, 0.3) is 11.5 Å². The Morgan fingerprint density at radius 3 is 2.68 bits per heavy atom. The fourth-order valence-electron chi connectivity index (χ4n) is 1.66. The van der Waals surface area contributed by atoms with Crippen molar-refractivity contribution >= 4 is 21.8 Å². The van der Waals surface area contributed by atoms with E-state index in [0.29, 0.717) is 6.54 Å². The molecule has 0 aliphatic rings. The number of aromatic nitrogens is 1. The number of hydrogen-bond acceptors (Lipinski definition) is 2. The number of pyridine rings is 1. The second-order valence-corrected chi connectivity index (χ2v) is 5.01. The van der Waals surface area contributed by atoms with Crippen molar-refractivity contribution in [2.45, 2.75) is 13.5 Å². The molecule has 98 valence electrons. The summed E-state index contributed by atoms with van der Waals surface area (Å²) in [6.45, 7) is 2.14. The maximum atomic E-state index is 11.9. The van der Waals surface area contributed by atoms with E-state index < -0.39 is 0 Å². The van der Waals surface area contributed by atoms with Gasteiger partial charge in [-0.2, -0.15) is 0 Å². The fraction of sp³-hybridized carbons (Fsp3) is 0.143. The molecule has 2 N–H and O–H groups in total. The van der Waals surface area contributed by atoms with Crippen LogP contribution < -0.4 is 10.9 Å². The lowest BCUT2D eigenvalue weighted by Gasteiger charge is -2.06. The highest BCUT2D eigenvalue weighted by Crippen LogP contribution is 2.15. The summed E-state index contributed by atoms with van der Waals surface area (Å²) < 4.78 is 0.924. The third-order valence-electron chi connectivity index (χ3n) is 2.70. The number of H-pyrrole nitrogens is 1. The maximum Gasteiger partial charge on any atom is 0.260 e. The number of benzene rings is 1. The van der Waals surface area contributed by atoms with Crippen molar-refractivity contribution in [2.75, 3.05) is 0 Å². The lowest BCUT2D eigenvalue weighted by molar-refractivity contribution is 0.0949. The number of halogens is 1. The lowest BCUT2D eigenvalue weighted by atomic mass is 10.2. The summed E-state index contributed by atoms with van der Waals surface area (Å²) in [5, 5.41) is 2.73. The fourth-order valence-corrected chi connectivity index (χ4v) is 2.09. The van der Waals surface area contributed by atoms with Crippen molar-refractivity contribution in [3.63, 3.8) is 0 Å². The minimum atomic E-state index is -0.378. The molecule has 0 saturated carbocycles. The molecular formula is C14H13BrN2O2. The zero-order chi connectivity index (χ0) is 13.8. The Bertz CT molecular complexity index is 664. The number of carbonyl (C=O) groups is 1. The number of aromatic amines is 1. The van der Waals surface area contributed by atoms with Gasteiger partial charge in [-0.1, -0.05) is 34.1 Å². The van der Waals surface area contributed by atoms with E-state index in [-0.39, 0.29) is 17.0 Å². The van der Waals surface area contributed by atoms with Crippen LogP contribution >= 0.6 is 15.9 Å². The van der Waals surface area contributed by atoms with Crippen LogP contribution in [0.4, 0.5) is 0 Å². The van der Waals surface area contributed by atoms with Gasteiger partial charge in [-0.15, -0.1) is 0 Å². The highest BCUT2D eigenvalue weighted by molar-refractivity contribution is 9.10. The molecule has 0 radical (unpaired) electrons. The summed E-state index contributed by atoms with van der Waals surface area (Å²) in [6.07, 6.45) is 0. The molecule has 1 amide bonds. The van der Waals surface area contributed by atoms with E-state index in [0.717, 1.165) is 15.7 Å². The molecule has 2 rings (SSSR count). The molecule has 4 nitrogen and oxygen atoms in total. The second-order valence-electron chi connectivity index (χ2n) is 4.16. The standard InChI is InChI=1S/C14H13BrN2O2/c1-9-6-7-11(14(19)17-9)13(18)16-8-10-4-2-3-5-12(10)15/h2-7H,8H2,1H3,(H,16,18)(H,17,19). The van der Waals surface area contributed by atoms with Gasteiger partial charge in [0.1, 0.15) is 5.56 Å². The smallest absolute Gasteiger partial charge is 0.260 e. The van der Waals surface area contributed by atoms with Crippen LogP contribution in [0.15, 0.2) is 45.7 Å². The lowest BCUT2D eigenvalue weighted by Crippen LogP contribution is -2.29. The molecule has 5 heteroatoms. The Kier molecular flexibility index (Phi) is 4.16. The van der Waals surface area contributed by atoms with Crippen molar-refractivity contribution in [1.29, 1.82) is 0 Å². The van der Waals surface area contributed by atoms with Gasteiger partial charge >= 0.3 is 0 Å². The summed E-state index contributed by atoms with van der Waals surface area (Å²) in [7, 11) is 0. The first-order valence-corrected chi connectivity index (χ1v) is 6.59. The molecule has 1 aromatic heterocycles. The zero-order valence-corrected chi connectivity index (χ0v) is 12.0. The highest BCUT2D eigenvalue weighted by atomic mass is 79.9. The number of hydrogen-bond donors (Lipinski definition) is 2. The Labute approximate surface area is 119 Å². The van der Waals surface area contributed by atoms with E-state index in [1.165, 1.54) is 6.07 Å². The van der Waals surface area contributed by atoms with E-state index in [1.807, 2.05) is 24.3 Å². The molecule has 0 spiro atoms. The van der Waals surface area contributed by atoms with Crippen LogP contribution in [-0.4, -0.2) is 10.9 Å². The minimum Gasteiger partial charge on any atom is -0.348 e. The predicted molar refractivity (Wildman–Crippen MR) is 77.1 cm³/mol. The minimum absolute atomic E-state index is 0.123. The third kappa shape index (κ3) is 3.32. The largest absolute Gasteiger partial charge is 0.348 e. The van der Waals surface area contributed by atoms with Crippen molar-refractivity contribution < 1.29 is 4.79 Å². The Morgan fingerprint density at radius 1 is 1.26 bits per heavy atom. The van der Waals surface area contributed by atoms with Crippen LogP contribution in [-0.2, 0) is 6.54 Å². The summed E-state index contributed by atoms with van der Waals surface area (Å²) >= 11 is 3.41. The summed E-state index contributed by atoms with van der Waals surface area (Å²) in [6, 6.07) is 10.8. The molecule has 0 bridgehead atoms. The average molecular weight is 321 g/mol. The number of amides is 1. The monoisotopic (exact) mass is 320 g/mol. The summed E-state index contributed by atoms with van der Waals surface area (Å²) in [5.74, 6) is -0.378. The quantitative estimate of drug-likeness (QED) is 0.912. The number of carbonyl (C=O) groups excluding carboxylic acids is 1. The molecule has 0 atom stereocenters. The molecule has 1 heterocycles. The molecule has 19 heavy (non-hydrogen) atoms. The molecule has 0 unspecified atom stereocenters. The maximum absolute atomic E-state index is 11.9. The van der Waals surface area contributed by atoms with Gasteiger partial charge in [-0.05, 0) is 30.7 Å². The van der Waals surface area contributed by atoms with Gasteiger partial charge < -0.3 is 10.3 Å². The van der Waals surface area contributed by atoms with E-state index in [9.17, 15) is 9.59 Å². The van der Waals surface area contributed by atoms with Crippen LogP contribution in [0.5, 0.6) is 0 Å². The van der Waals surface area contributed by atoms with Gasteiger partial charge in [0.15, 0.2) is 0 Å². The predicted octanol–water partition coefficient (Wildman–Crippen LogP) is 2.38. The van der Waals surface area contributed by atoms with Crippen LogP contribution in [0.2, 0.25) is 0 Å². The van der Waals surface area contributed by atoms with Crippen LogP contribution in [0, 0.1) is 6.92 Å². The molecular weight excluding hydrogens is 308 g/mol. The summed E-state index contributed by atoms with van der Waals surface area (Å²) in [4.78, 5) is 26.2. The molecule has 0 fully saturated rings. The van der Waals surface area contributed by atoms with E-state index in [1.54, 1.807) is 13.0 Å². The first-order chi connectivity index (χ1) is 9.08. The third-order valence-corrected chi connectivity index (χ3v) is 3.47. The van der Waals surface area contributed by atoms with E-state index in [2.05, 4.69) is 26.2 Å². The molecule has 1 aromatic carbocycles. The average Bonchev–Trinajstić information content (AvgIpc) is 2.37. The van der Waals surface area contributed by atoms with Crippen molar-refractivity contribution in [2.24, 2.45) is 0 Å². The Hall–Kier alpha value is -1.88. The Morgan fingerprint density at radius 2 is 2.00 bits per heavy atom. The van der Waals surface area contributed by atoms with Gasteiger partial charge in [-0.25, -0.2) is 0 Å². The van der Waals surface area contributed by atoms with Crippen molar-refractivity contribution in [3.05, 3.63) is 68.0 Å². The number of nitrogens with one attached hydrogen (secondary N) is 2. The van der Waals surface area contributed by atoms with Gasteiger partial charge in [0, 0.05) is 16.7 Å². The molecule has 0 saturated heterocycles. The molecule has 0 aliphatic heterocycles. The topological polar surface area (TPSA) is 62.0 Å². The van der Waals surface area contributed by atoms with Crippen LogP contribution in [0.1, 0.15) is 21.6 Å². The zero-order valence-electron chi connectivity index (χ0n) is 10.4. The van der Waals surface area contributed by atoms with E-state index in [4.69, 9.17) is 0 Å². The van der Waals surface area contributed by atoms with Crippen molar-refractivity contribution in [1.82, 2.24) is 10.3 Å². The normalized spacial score (nSPS) is 10.2. The van der Waals surface area contributed by atoms with Crippen LogP contribution in [0.3, 0.4) is 0 Å². The van der Waals surface area contributed by atoms with Crippen molar-refractivity contribution in [3.8, 4) is 0 Å². The molecule has 2 aromatic rings. The first-order valence-electron chi connectivity index (χ1n) is 5.79. The van der Waals surface area contributed by atoms with Gasteiger partial charge in [0.05, 0.1) is 0 Å². The highest BCUT2D eigenvalue weighted by Gasteiger charge is 2.10. The number of rotatable bonds is 3. The second kappa shape index (κ2) is 5.84. The van der Waals surface area contributed by atoms with Gasteiger partial charge in [0.2, 0.25) is 0 Å². The number of aryl methyl sites for hydroxylation is 1. The van der Waals surface area contributed by atoms with Crippen LogP contribution in [0.25, 0.3) is 0 Å². The summed E-state index contributed by atoms with van der Waals surface area (Å²) in [5.41, 5.74) is 1.44. The first kappa shape index (κ1) is 13.5. The molecule has 0 aliphatic carbocycles. The van der Waals surface area contributed by atoms with Gasteiger partial charge in [-0.3, -0.25) is 9.59 Å². The van der Waals surface area contributed by atoms with E-state index >= 15 is 0 Å².